The van der Waals surface area contributed by atoms with Gasteiger partial charge in [-0.25, -0.2) is 4.79 Å². The van der Waals surface area contributed by atoms with Gasteiger partial charge in [0.15, 0.2) is 6.61 Å². The second kappa shape index (κ2) is 7.74. The van der Waals surface area contributed by atoms with Crippen molar-refractivity contribution in [3.05, 3.63) is 60.3 Å². The summed E-state index contributed by atoms with van der Waals surface area (Å²) in [7, 11) is 1.31. The third-order valence-corrected chi connectivity index (χ3v) is 4.05. The van der Waals surface area contributed by atoms with Crippen molar-refractivity contribution in [2.45, 2.75) is 13.5 Å². The van der Waals surface area contributed by atoms with Gasteiger partial charge in [0.25, 0.3) is 0 Å². The molecule has 1 amide bonds. The molecule has 0 atom stereocenters. The van der Waals surface area contributed by atoms with E-state index in [2.05, 4.69) is 10.1 Å². The van der Waals surface area contributed by atoms with Crippen LogP contribution in [0.25, 0.3) is 10.9 Å². The van der Waals surface area contributed by atoms with Crippen LogP contribution in [0.1, 0.15) is 5.56 Å². The molecule has 0 spiro atoms. The number of nitrogens with one attached hydrogen (secondary N) is 1. The molecule has 0 bridgehead atoms. The number of rotatable bonds is 6. The summed E-state index contributed by atoms with van der Waals surface area (Å²) >= 11 is 0. The number of esters is 1. The minimum absolute atomic E-state index is 0.113. The van der Waals surface area contributed by atoms with Gasteiger partial charge in [-0.3, -0.25) is 4.79 Å². The zero-order valence-electron chi connectivity index (χ0n) is 14.7. The minimum Gasteiger partial charge on any atom is -0.482 e. The summed E-state index contributed by atoms with van der Waals surface area (Å²) in [4.78, 5) is 23.5. The lowest BCUT2D eigenvalue weighted by atomic mass is 10.2. The molecule has 0 radical (unpaired) electrons. The van der Waals surface area contributed by atoms with E-state index in [9.17, 15) is 9.59 Å². The highest BCUT2D eigenvalue weighted by molar-refractivity contribution is 5.92. The molecule has 0 saturated carbocycles. The zero-order valence-corrected chi connectivity index (χ0v) is 14.7. The Hall–Kier alpha value is -3.28. The molecule has 0 saturated heterocycles. The van der Waals surface area contributed by atoms with Crippen molar-refractivity contribution in [2.75, 3.05) is 19.0 Å². The largest absolute Gasteiger partial charge is 0.482 e. The van der Waals surface area contributed by atoms with Gasteiger partial charge >= 0.3 is 5.97 Å². The molecular weight excluding hydrogens is 332 g/mol. The van der Waals surface area contributed by atoms with E-state index in [0.717, 1.165) is 16.5 Å². The molecule has 1 N–H and O–H groups in total. The van der Waals surface area contributed by atoms with E-state index in [1.54, 1.807) is 18.2 Å². The molecule has 1 heterocycles. The molecule has 0 aliphatic heterocycles. The molecular formula is C20H20N2O4. The summed E-state index contributed by atoms with van der Waals surface area (Å²) in [5.74, 6) is -0.0148. The minimum atomic E-state index is -0.445. The highest BCUT2D eigenvalue weighted by Crippen LogP contribution is 2.22. The van der Waals surface area contributed by atoms with E-state index in [-0.39, 0.29) is 19.1 Å². The predicted octanol–water partition coefficient (Wildman–Crippen LogP) is 3.14. The van der Waals surface area contributed by atoms with Gasteiger partial charge in [0.05, 0.1) is 7.11 Å². The Labute approximate surface area is 151 Å². The van der Waals surface area contributed by atoms with Crippen LogP contribution in [0.5, 0.6) is 5.75 Å². The highest BCUT2D eigenvalue weighted by atomic mass is 16.6. The van der Waals surface area contributed by atoms with Crippen molar-refractivity contribution in [1.82, 2.24) is 4.57 Å². The maximum Gasteiger partial charge on any atom is 0.343 e. The second-order valence-corrected chi connectivity index (χ2v) is 5.89. The summed E-state index contributed by atoms with van der Waals surface area (Å²) in [6.45, 7) is 1.95. The standard InChI is InChI=1S/C20H20N2O4/c1-14-11-16(26-13-20(24)25-2)7-8-17(14)21-19(23)12-22-10-9-15-5-3-4-6-18(15)22/h3-11H,12-13H2,1-2H3,(H,21,23). The summed E-state index contributed by atoms with van der Waals surface area (Å²) < 4.78 is 11.8. The molecule has 6 heteroatoms. The number of fused-ring (bicyclic) bond motifs is 1. The number of aromatic nitrogens is 1. The second-order valence-electron chi connectivity index (χ2n) is 5.89. The molecule has 1 aromatic heterocycles. The number of hydrogen-bond donors (Lipinski definition) is 1. The Morgan fingerprint density at radius 1 is 1.12 bits per heavy atom. The number of para-hydroxylation sites is 1. The third kappa shape index (κ3) is 4.03. The fraction of sp³-hybridized carbons (Fsp3) is 0.200. The van der Waals surface area contributed by atoms with Crippen LogP contribution < -0.4 is 10.1 Å². The highest BCUT2D eigenvalue weighted by Gasteiger charge is 2.09. The van der Waals surface area contributed by atoms with Gasteiger partial charge < -0.3 is 19.4 Å². The Bertz CT molecular complexity index is 946. The number of nitrogens with zero attached hydrogens (tertiary/aromatic N) is 1. The van der Waals surface area contributed by atoms with Gasteiger partial charge in [0.2, 0.25) is 5.91 Å². The average Bonchev–Trinajstić information content (AvgIpc) is 3.04. The molecule has 0 fully saturated rings. The number of aryl methyl sites for hydroxylation is 1. The van der Waals surface area contributed by atoms with Crippen molar-refractivity contribution in [1.29, 1.82) is 0 Å². The van der Waals surface area contributed by atoms with E-state index in [1.807, 2.05) is 48.0 Å². The van der Waals surface area contributed by atoms with Crippen LogP contribution in [0.15, 0.2) is 54.7 Å². The molecule has 0 aliphatic carbocycles. The van der Waals surface area contributed by atoms with Crippen LogP contribution in [0.4, 0.5) is 5.69 Å². The van der Waals surface area contributed by atoms with Gasteiger partial charge in [0, 0.05) is 17.4 Å². The fourth-order valence-corrected chi connectivity index (χ4v) is 2.69. The molecule has 0 unspecified atom stereocenters. The summed E-state index contributed by atoms with van der Waals surface area (Å²) in [6, 6.07) is 15.1. The molecule has 3 aromatic rings. The van der Waals surface area contributed by atoms with Crippen molar-refractivity contribution in [2.24, 2.45) is 0 Å². The number of amides is 1. The lowest BCUT2D eigenvalue weighted by molar-refractivity contribution is -0.142. The zero-order chi connectivity index (χ0) is 18.5. The topological polar surface area (TPSA) is 69.6 Å². The van der Waals surface area contributed by atoms with Crippen LogP contribution in [-0.4, -0.2) is 30.2 Å². The predicted molar refractivity (Wildman–Crippen MR) is 99.3 cm³/mol. The Morgan fingerprint density at radius 2 is 1.92 bits per heavy atom. The first-order valence-electron chi connectivity index (χ1n) is 8.21. The number of carbonyl (C=O) groups excluding carboxylic acids is 2. The normalized spacial score (nSPS) is 10.5. The smallest absolute Gasteiger partial charge is 0.343 e. The number of carbonyl (C=O) groups is 2. The number of anilines is 1. The van der Waals surface area contributed by atoms with Crippen LogP contribution in [0.2, 0.25) is 0 Å². The number of ether oxygens (including phenoxy) is 2. The summed E-state index contributed by atoms with van der Waals surface area (Å²) in [6.07, 6.45) is 1.90. The van der Waals surface area contributed by atoms with Crippen LogP contribution in [0, 0.1) is 6.92 Å². The van der Waals surface area contributed by atoms with Crippen LogP contribution in [0.3, 0.4) is 0 Å². The van der Waals surface area contributed by atoms with Crippen molar-refractivity contribution in [3.63, 3.8) is 0 Å². The molecule has 3 rings (SSSR count). The first kappa shape index (κ1) is 17.5. The quantitative estimate of drug-likeness (QED) is 0.692. The van der Waals surface area contributed by atoms with Crippen molar-refractivity contribution >= 4 is 28.5 Å². The Morgan fingerprint density at radius 3 is 2.69 bits per heavy atom. The molecule has 6 nitrogen and oxygen atoms in total. The lowest BCUT2D eigenvalue weighted by Crippen LogP contribution is -2.18. The lowest BCUT2D eigenvalue weighted by Gasteiger charge is -2.12. The van der Waals surface area contributed by atoms with Crippen molar-refractivity contribution in [3.8, 4) is 5.75 Å². The number of methoxy groups -OCH3 is 1. The van der Waals surface area contributed by atoms with Gasteiger partial charge in [-0.15, -0.1) is 0 Å². The molecule has 0 aliphatic rings. The molecule has 26 heavy (non-hydrogen) atoms. The summed E-state index contributed by atoms with van der Waals surface area (Å²) in [5, 5.41) is 4.01. The third-order valence-electron chi connectivity index (χ3n) is 4.05. The number of hydrogen-bond acceptors (Lipinski definition) is 4. The van der Waals surface area contributed by atoms with Crippen LogP contribution in [-0.2, 0) is 20.9 Å². The maximum atomic E-state index is 12.4. The van der Waals surface area contributed by atoms with E-state index < -0.39 is 5.97 Å². The van der Waals surface area contributed by atoms with Crippen LogP contribution >= 0.6 is 0 Å². The monoisotopic (exact) mass is 352 g/mol. The van der Waals surface area contributed by atoms with Gasteiger partial charge in [-0.1, -0.05) is 18.2 Å². The number of benzene rings is 2. The molecule has 2 aromatic carbocycles. The average molecular weight is 352 g/mol. The first-order chi connectivity index (χ1) is 12.6. The van der Waals surface area contributed by atoms with Gasteiger partial charge in [-0.05, 0) is 48.2 Å². The van der Waals surface area contributed by atoms with E-state index >= 15 is 0 Å². The fourth-order valence-electron chi connectivity index (χ4n) is 2.69. The van der Waals surface area contributed by atoms with E-state index in [4.69, 9.17) is 4.74 Å². The Kier molecular flexibility index (Phi) is 5.22. The summed E-state index contributed by atoms with van der Waals surface area (Å²) in [5.41, 5.74) is 2.57. The first-order valence-corrected chi connectivity index (χ1v) is 8.21. The van der Waals surface area contributed by atoms with E-state index in [0.29, 0.717) is 11.4 Å². The maximum absolute atomic E-state index is 12.4. The SMILES string of the molecule is COC(=O)COc1ccc(NC(=O)Cn2ccc3ccccc32)c(C)c1. The van der Waals surface area contributed by atoms with Crippen molar-refractivity contribution < 1.29 is 19.1 Å². The van der Waals surface area contributed by atoms with Gasteiger partial charge in [0.1, 0.15) is 12.3 Å². The molecule has 134 valence electrons. The van der Waals surface area contributed by atoms with Gasteiger partial charge in [-0.2, -0.15) is 0 Å². The Balaban J connectivity index is 1.64. The van der Waals surface area contributed by atoms with E-state index in [1.165, 1.54) is 7.11 Å².